The molecule has 1 aliphatic heterocycles. The molecule has 122 valence electrons. The summed E-state index contributed by atoms with van der Waals surface area (Å²) in [6.07, 6.45) is 3.04. The number of nitrogens with two attached hydrogens (primary N) is 1. The van der Waals surface area contributed by atoms with Crippen LogP contribution in [0.4, 0.5) is 4.79 Å². The van der Waals surface area contributed by atoms with Gasteiger partial charge >= 0.3 is 6.09 Å². The van der Waals surface area contributed by atoms with Crippen molar-refractivity contribution in [2.24, 2.45) is 11.7 Å². The fraction of sp³-hybridized carbons (Fsp3) is 0.867. The highest BCUT2D eigenvalue weighted by molar-refractivity contribution is 5.73. The van der Waals surface area contributed by atoms with Gasteiger partial charge in [0.1, 0.15) is 11.9 Å². The molecule has 0 bridgehead atoms. The molecule has 6 nitrogen and oxygen atoms in total. The van der Waals surface area contributed by atoms with Gasteiger partial charge < -0.3 is 25.5 Å². The SMILES string of the molecule is CC(C)(C)OC(=O)NC(C=O)CC1CCN(CCN)CC1. The van der Waals surface area contributed by atoms with E-state index in [0.29, 0.717) is 18.9 Å². The Bertz CT molecular complexity index is 334. The highest BCUT2D eigenvalue weighted by Gasteiger charge is 2.24. The molecule has 1 fully saturated rings. The number of likely N-dealkylation sites (tertiary alicyclic amines) is 1. The van der Waals surface area contributed by atoms with Gasteiger partial charge in [-0.1, -0.05) is 0 Å². The van der Waals surface area contributed by atoms with Gasteiger partial charge in [0, 0.05) is 13.1 Å². The Morgan fingerprint density at radius 2 is 2.05 bits per heavy atom. The number of alkyl carbamates (subject to hydrolysis) is 1. The number of nitrogens with zero attached hydrogens (tertiary/aromatic N) is 1. The van der Waals surface area contributed by atoms with Crippen LogP contribution >= 0.6 is 0 Å². The Balaban J connectivity index is 2.34. The molecule has 3 N–H and O–H groups in total. The summed E-state index contributed by atoms with van der Waals surface area (Å²) in [6.45, 7) is 9.04. The van der Waals surface area contributed by atoms with Gasteiger partial charge in [-0.05, 0) is 59.0 Å². The zero-order valence-electron chi connectivity index (χ0n) is 13.4. The second-order valence-corrected chi connectivity index (χ2v) is 6.70. The van der Waals surface area contributed by atoms with Gasteiger partial charge in [-0.25, -0.2) is 4.79 Å². The van der Waals surface area contributed by atoms with Crippen molar-refractivity contribution < 1.29 is 14.3 Å². The average molecular weight is 299 g/mol. The van der Waals surface area contributed by atoms with Crippen LogP contribution in [0.3, 0.4) is 0 Å². The molecule has 0 aliphatic carbocycles. The van der Waals surface area contributed by atoms with Crippen molar-refractivity contribution in [2.75, 3.05) is 26.2 Å². The summed E-state index contributed by atoms with van der Waals surface area (Å²) in [4.78, 5) is 25.2. The standard InChI is InChI=1S/C15H29N3O3/c1-15(2,3)21-14(20)17-13(11-19)10-12-4-7-18(8-5-12)9-6-16/h11-13H,4-10,16H2,1-3H3,(H,17,20). The molecule has 6 heteroatoms. The molecule has 21 heavy (non-hydrogen) atoms. The number of amides is 1. The van der Waals surface area contributed by atoms with Crippen LogP contribution in [0.15, 0.2) is 0 Å². The predicted octanol–water partition coefficient (Wildman–Crippen LogP) is 1.14. The molecule has 1 amide bonds. The van der Waals surface area contributed by atoms with Crippen LogP contribution in [-0.4, -0.2) is 55.1 Å². The second kappa shape index (κ2) is 8.34. The average Bonchev–Trinajstić information content (AvgIpc) is 2.38. The van der Waals surface area contributed by atoms with Crippen LogP contribution in [0.1, 0.15) is 40.0 Å². The van der Waals surface area contributed by atoms with Crippen LogP contribution < -0.4 is 11.1 Å². The van der Waals surface area contributed by atoms with Crippen LogP contribution in [0.25, 0.3) is 0 Å². The third-order valence-corrected chi connectivity index (χ3v) is 3.61. The summed E-state index contributed by atoms with van der Waals surface area (Å²) in [6, 6.07) is -0.467. The number of carbonyl (C=O) groups excluding carboxylic acids is 2. The molecular formula is C15H29N3O3. The molecule has 1 heterocycles. The molecule has 0 saturated carbocycles. The molecule has 0 aromatic carbocycles. The first-order valence-electron chi connectivity index (χ1n) is 7.71. The van der Waals surface area contributed by atoms with Crippen molar-refractivity contribution in [3.63, 3.8) is 0 Å². The molecule has 0 aromatic rings. The van der Waals surface area contributed by atoms with E-state index in [9.17, 15) is 9.59 Å². The van der Waals surface area contributed by atoms with Crippen molar-refractivity contribution in [1.82, 2.24) is 10.2 Å². The summed E-state index contributed by atoms with van der Waals surface area (Å²) < 4.78 is 5.18. The Labute approximate surface area is 127 Å². The normalized spacial score (nSPS) is 19.0. The van der Waals surface area contributed by atoms with Crippen LogP contribution in [-0.2, 0) is 9.53 Å². The van der Waals surface area contributed by atoms with Gasteiger partial charge in [0.05, 0.1) is 6.04 Å². The Morgan fingerprint density at radius 1 is 1.43 bits per heavy atom. The smallest absolute Gasteiger partial charge is 0.408 e. The van der Waals surface area contributed by atoms with Crippen molar-refractivity contribution in [3.05, 3.63) is 0 Å². The highest BCUT2D eigenvalue weighted by atomic mass is 16.6. The number of carbonyl (C=O) groups is 2. The van der Waals surface area contributed by atoms with Crippen molar-refractivity contribution in [1.29, 1.82) is 0 Å². The van der Waals surface area contributed by atoms with Gasteiger partial charge in [0.15, 0.2) is 0 Å². The molecule has 1 aliphatic rings. The first-order chi connectivity index (χ1) is 9.84. The third-order valence-electron chi connectivity index (χ3n) is 3.61. The van der Waals surface area contributed by atoms with Gasteiger partial charge in [-0.2, -0.15) is 0 Å². The summed E-state index contributed by atoms with van der Waals surface area (Å²) in [7, 11) is 0. The second-order valence-electron chi connectivity index (χ2n) is 6.70. The lowest BCUT2D eigenvalue weighted by molar-refractivity contribution is -0.110. The van der Waals surface area contributed by atoms with E-state index in [4.69, 9.17) is 10.5 Å². The van der Waals surface area contributed by atoms with E-state index in [2.05, 4.69) is 10.2 Å². The minimum Gasteiger partial charge on any atom is -0.444 e. The predicted molar refractivity (Wildman–Crippen MR) is 82.1 cm³/mol. The van der Waals surface area contributed by atoms with Crippen molar-refractivity contribution in [3.8, 4) is 0 Å². The lowest BCUT2D eigenvalue weighted by atomic mass is 9.90. The zero-order chi connectivity index (χ0) is 15.9. The van der Waals surface area contributed by atoms with E-state index in [1.807, 2.05) is 0 Å². The number of rotatable bonds is 6. The van der Waals surface area contributed by atoms with E-state index < -0.39 is 17.7 Å². The highest BCUT2D eigenvalue weighted by Crippen LogP contribution is 2.21. The van der Waals surface area contributed by atoms with E-state index in [1.165, 1.54) is 0 Å². The summed E-state index contributed by atoms with van der Waals surface area (Å²) >= 11 is 0. The monoisotopic (exact) mass is 299 g/mol. The molecule has 1 unspecified atom stereocenters. The molecular weight excluding hydrogens is 270 g/mol. The van der Waals surface area contributed by atoms with Gasteiger partial charge in [-0.3, -0.25) is 0 Å². The molecule has 1 atom stereocenters. The third kappa shape index (κ3) is 7.43. The van der Waals surface area contributed by atoms with Crippen LogP contribution in [0.2, 0.25) is 0 Å². The number of aldehydes is 1. The number of hydrogen-bond acceptors (Lipinski definition) is 5. The van der Waals surface area contributed by atoms with E-state index in [0.717, 1.165) is 38.8 Å². The van der Waals surface area contributed by atoms with Gasteiger partial charge in [0.2, 0.25) is 0 Å². The largest absolute Gasteiger partial charge is 0.444 e. The van der Waals surface area contributed by atoms with Crippen LogP contribution in [0, 0.1) is 5.92 Å². The number of piperidine rings is 1. The lowest BCUT2D eigenvalue weighted by Crippen LogP contribution is -2.43. The Hall–Kier alpha value is -1.14. The fourth-order valence-corrected chi connectivity index (χ4v) is 2.59. The van der Waals surface area contributed by atoms with Gasteiger partial charge in [-0.15, -0.1) is 0 Å². The fourth-order valence-electron chi connectivity index (χ4n) is 2.59. The quantitative estimate of drug-likeness (QED) is 0.718. The summed E-state index contributed by atoms with van der Waals surface area (Å²) in [5.74, 6) is 0.462. The molecule has 0 aromatic heterocycles. The first-order valence-corrected chi connectivity index (χ1v) is 7.71. The minimum absolute atomic E-state index is 0.462. The lowest BCUT2D eigenvalue weighted by Gasteiger charge is -2.32. The van der Waals surface area contributed by atoms with Crippen molar-refractivity contribution >= 4 is 12.4 Å². The number of hydrogen-bond donors (Lipinski definition) is 2. The summed E-state index contributed by atoms with van der Waals surface area (Å²) in [5.41, 5.74) is 5.00. The van der Waals surface area contributed by atoms with Crippen molar-refractivity contribution in [2.45, 2.75) is 51.7 Å². The maximum Gasteiger partial charge on any atom is 0.408 e. The van der Waals surface area contributed by atoms with E-state index in [1.54, 1.807) is 20.8 Å². The van der Waals surface area contributed by atoms with E-state index in [-0.39, 0.29) is 0 Å². The Morgan fingerprint density at radius 3 is 2.52 bits per heavy atom. The number of ether oxygens (including phenoxy) is 1. The van der Waals surface area contributed by atoms with Crippen LogP contribution in [0.5, 0.6) is 0 Å². The molecule has 0 spiro atoms. The Kier molecular flexibility index (Phi) is 7.11. The first kappa shape index (κ1) is 17.9. The molecule has 1 saturated heterocycles. The maximum atomic E-state index is 11.7. The molecule has 0 radical (unpaired) electrons. The minimum atomic E-state index is -0.551. The molecule has 1 rings (SSSR count). The van der Waals surface area contributed by atoms with Gasteiger partial charge in [0.25, 0.3) is 0 Å². The maximum absolute atomic E-state index is 11.7. The topological polar surface area (TPSA) is 84.7 Å². The zero-order valence-corrected chi connectivity index (χ0v) is 13.4. The number of nitrogens with one attached hydrogen (secondary N) is 1. The van der Waals surface area contributed by atoms with E-state index >= 15 is 0 Å². The summed E-state index contributed by atoms with van der Waals surface area (Å²) in [5, 5.41) is 2.64.